The lowest BCUT2D eigenvalue weighted by Gasteiger charge is -2.28. The van der Waals surface area contributed by atoms with E-state index >= 15 is 0 Å². The molecule has 0 aliphatic heterocycles. The van der Waals surface area contributed by atoms with Crippen LogP contribution in [0.3, 0.4) is 0 Å². The maximum Gasteiger partial charge on any atom is 0.306 e. The molecule has 0 aromatic carbocycles. The standard InChI is InChI=1S/C48H82NO8P/c1-6-8-10-12-14-16-18-20-22-23-24-25-27-29-31-33-35-37-39-41-48(51)57-46(45-56-58(52,53)55-43-42-49(3,4)5)44-54-47(50)40-38-36-34-32-30-28-26-21-19-17-15-13-11-9-7-2/h8,10,14,16,20-22,24-26,29,31,35,37,46H,6-7,9,11-13,15,17-19,23,27-28,30,32-34,36,38-45H2,1-5H3. The van der Waals surface area contributed by atoms with Gasteiger partial charge < -0.3 is 27.9 Å². The molecule has 0 aliphatic rings. The van der Waals surface area contributed by atoms with E-state index in [0.717, 1.165) is 70.6 Å². The predicted molar refractivity (Wildman–Crippen MR) is 240 cm³/mol. The molecule has 0 saturated carbocycles. The Morgan fingerprint density at radius 3 is 1.53 bits per heavy atom. The van der Waals surface area contributed by atoms with E-state index in [2.05, 4.69) is 86.8 Å². The van der Waals surface area contributed by atoms with E-state index in [9.17, 15) is 19.0 Å². The summed E-state index contributed by atoms with van der Waals surface area (Å²) in [7, 11) is 1.10. The van der Waals surface area contributed by atoms with Gasteiger partial charge in [0.1, 0.15) is 19.8 Å². The van der Waals surface area contributed by atoms with Crippen molar-refractivity contribution in [1.29, 1.82) is 0 Å². The maximum absolute atomic E-state index is 12.6. The molecule has 0 spiro atoms. The van der Waals surface area contributed by atoms with E-state index in [-0.39, 0.29) is 26.1 Å². The number of rotatable bonds is 39. The number of carbonyl (C=O) groups excluding carboxylic acids is 2. The minimum atomic E-state index is -4.65. The normalized spacial score (nSPS) is 14.4. The fraction of sp³-hybridized carbons (Fsp3) is 0.667. The van der Waals surface area contributed by atoms with Gasteiger partial charge in [-0.05, 0) is 77.0 Å². The number of hydrogen-bond acceptors (Lipinski definition) is 8. The molecule has 0 aromatic heterocycles. The van der Waals surface area contributed by atoms with Crippen LogP contribution in [0.15, 0.2) is 85.1 Å². The Balaban J connectivity index is 4.52. The number of unbranched alkanes of at least 4 members (excludes halogenated alkanes) is 11. The molecule has 0 aliphatic carbocycles. The summed E-state index contributed by atoms with van der Waals surface area (Å²) in [5.41, 5.74) is 0. The molecule has 58 heavy (non-hydrogen) atoms. The second-order valence-corrected chi connectivity index (χ2v) is 17.1. The summed E-state index contributed by atoms with van der Waals surface area (Å²) in [6, 6.07) is 0. The van der Waals surface area contributed by atoms with Crippen LogP contribution >= 0.6 is 7.82 Å². The molecule has 0 bridgehead atoms. The molecule has 0 fully saturated rings. The number of quaternary nitrogens is 1. The number of phosphoric acid groups is 1. The van der Waals surface area contributed by atoms with Crippen LogP contribution in [0.25, 0.3) is 0 Å². The van der Waals surface area contributed by atoms with Gasteiger partial charge in [-0.3, -0.25) is 14.2 Å². The van der Waals surface area contributed by atoms with Gasteiger partial charge in [0.25, 0.3) is 7.82 Å². The molecule has 0 N–H and O–H groups in total. The van der Waals surface area contributed by atoms with E-state index in [0.29, 0.717) is 23.9 Å². The maximum atomic E-state index is 12.6. The monoisotopic (exact) mass is 832 g/mol. The van der Waals surface area contributed by atoms with Crippen molar-refractivity contribution in [2.75, 3.05) is 47.5 Å². The molecule has 0 rings (SSSR count). The van der Waals surface area contributed by atoms with Crippen molar-refractivity contribution in [3.05, 3.63) is 85.1 Å². The Kier molecular flexibility index (Phi) is 37.7. The first kappa shape index (κ1) is 55.2. The number of carbonyl (C=O) groups is 2. The Labute approximate surface area is 354 Å². The highest BCUT2D eigenvalue weighted by atomic mass is 31.2. The van der Waals surface area contributed by atoms with Gasteiger partial charge in [-0.15, -0.1) is 0 Å². The van der Waals surface area contributed by atoms with E-state index in [1.807, 2.05) is 33.3 Å². The molecule has 0 aromatic rings. The van der Waals surface area contributed by atoms with E-state index in [1.54, 1.807) is 0 Å². The molecule has 0 radical (unpaired) electrons. The second-order valence-electron chi connectivity index (χ2n) is 15.7. The molecular weight excluding hydrogens is 750 g/mol. The van der Waals surface area contributed by atoms with Crippen molar-refractivity contribution in [2.45, 2.75) is 161 Å². The van der Waals surface area contributed by atoms with Crippen LogP contribution in [0.1, 0.15) is 155 Å². The van der Waals surface area contributed by atoms with E-state index in [4.69, 9.17) is 18.5 Å². The summed E-state index contributed by atoms with van der Waals surface area (Å²) >= 11 is 0. The zero-order valence-electron chi connectivity index (χ0n) is 37.2. The Morgan fingerprint density at radius 2 is 1.02 bits per heavy atom. The van der Waals surface area contributed by atoms with Crippen LogP contribution in [0, 0.1) is 0 Å². The molecule has 10 heteroatoms. The van der Waals surface area contributed by atoms with Crippen LogP contribution in [-0.4, -0.2) is 70.0 Å². The molecule has 0 heterocycles. The lowest BCUT2D eigenvalue weighted by atomic mass is 10.1. The van der Waals surface area contributed by atoms with Gasteiger partial charge in [0.05, 0.1) is 27.7 Å². The summed E-state index contributed by atoms with van der Waals surface area (Å²) < 4.78 is 33.8. The minimum absolute atomic E-state index is 0.0500. The van der Waals surface area contributed by atoms with Gasteiger partial charge >= 0.3 is 11.9 Å². The smallest absolute Gasteiger partial charge is 0.306 e. The topological polar surface area (TPSA) is 111 Å². The Hall–Kier alpha value is -2.81. The molecule has 2 unspecified atom stereocenters. The van der Waals surface area contributed by atoms with Crippen molar-refractivity contribution < 1.29 is 42.1 Å². The van der Waals surface area contributed by atoms with E-state index < -0.39 is 32.5 Å². The third-order valence-corrected chi connectivity index (χ3v) is 9.88. The zero-order chi connectivity index (χ0) is 42.8. The third-order valence-electron chi connectivity index (χ3n) is 8.91. The largest absolute Gasteiger partial charge is 0.756 e. The van der Waals surface area contributed by atoms with Gasteiger partial charge in [0.15, 0.2) is 6.10 Å². The number of hydrogen-bond donors (Lipinski definition) is 0. The highest BCUT2D eigenvalue weighted by Gasteiger charge is 2.21. The quantitative estimate of drug-likeness (QED) is 0.0198. The SMILES string of the molecule is CCC=CCC=CCC=CCC=CCC=CCC=CCCC(=O)OC(COC(=O)CCCCCCCC=CCCCCCCCC)COP(=O)([O-])OCC[N+](C)(C)C. The van der Waals surface area contributed by atoms with Crippen LogP contribution in [-0.2, 0) is 32.7 Å². The number of esters is 2. The number of phosphoric ester groups is 1. The van der Waals surface area contributed by atoms with Gasteiger partial charge in [-0.1, -0.05) is 150 Å². The first-order valence-electron chi connectivity index (χ1n) is 22.3. The highest BCUT2D eigenvalue weighted by molar-refractivity contribution is 7.45. The Bertz CT molecular complexity index is 1260. The van der Waals surface area contributed by atoms with Crippen LogP contribution < -0.4 is 4.89 Å². The summed E-state index contributed by atoms with van der Waals surface area (Å²) in [4.78, 5) is 37.5. The average Bonchev–Trinajstić information content (AvgIpc) is 3.17. The number of likely N-dealkylation sites (N-methyl/N-ethyl adjacent to an activating group) is 1. The number of allylic oxidation sites excluding steroid dienone is 14. The number of ether oxygens (including phenoxy) is 2. The van der Waals surface area contributed by atoms with Crippen LogP contribution in [0.2, 0.25) is 0 Å². The number of nitrogens with zero attached hydrogens (tertiary/aromatic N) is 1. The van der Waals surface area contributed by atoms with Crippen molar-refractivity contribution in [3.63, 3.8) is 0 Å². The summed E-state index contributed by atoms with van der Waals surface area (Å²) in [6.45, 7) is 3.99. The fourth-order valence-electron chi connectivity index (χ4n) is 5.44. The van der Waals surface area contributed by atoms with Gasteiger partial charge in [0.2, 0.25) is 0 Å². The molecule has 0 saturated heterocycles. The highest BCUT2D eigenvalue weighted by Crippen LogP contribution is 2.38. The van der Waals surface area contributed by atoms with Crippen LogP contribution in [0.4, 0.5) is 0 Å². The third kappa shape index (κ3) is 42.8. The lowest BCUT2D eigenvalue weighted by molar-refractivity contribution is -0.870. The first-order chi connectivity index (χ1) is 28.0. The second kappa shape index (κ2) is 39.6. The minimum Gasteiger partial charge on any atom is -0.756 e. The zero-order valence-corrected chi connectivity index (χ0v) is 38.1. The van der Waals surface area contributed by atoms with Gasteiger partial charge in [0, 0.05) is 12.8 Å². The van der Waals surface area contributed by atoms with Crippen molar-refractivity contribution >= 4 is 19.8 Å². The average molecular weight is 832 g/mol. The summed E-state index contributed by atoms with van der Waals surface area (Å²) in [5, 5.41) is 0. The molecule has 0 amide bonds. The summed E-state index contributed by atoms with van der Waals surface area (Å²) in [5.74, 6) is -0.950. The molecule has 9 nitrogen and oxygen atoms in total. The molecule has 332 valence electrons. The summed E-state index contributed by atoms with van der Waals surface area (Å²) in [6.07, 6.45) is 50.5. The van der Waals surface area contributed by atoms with Crippen LogP contribution in [0.5, 0.6) is 0 Å². The van der Waals surface area contributed by atoms with Crippen molar-refractivity contribution in [3.8, 4) is 0 Å². The first-order valence-corrected chi connectivity index (χ1v) is 23.8. The van der Waals surface area contributed by atoms with Crippen molar-refractivity contribution in [2.24, 2.45) is 0 Å². The fourth-order valence-corrected chi connectivity index (χ4v) is 6.17. The predicted octanol–water partition coefficient (Wildman–Crippen LogP) is 12.2. The molecule has 2 atom stereocenters. The van der Waals surface area contributed by atoms with Crippen molar-refractivity contribution in [1.82, 2.24) is 0 Å². The van der Waals surface area contributed by atoms with E-state index in [1.165, 1.54) is 44.9 Å². The Morgan fingerprint density at radius 1 is 0.552 bits per heavy atom. The lowest BCUT2D eigenvalue weighted by Crippen LogP contribution is -2.37. The molecular formula is C48H82NO8P. The van der Waals surface area contributed by atoms with Gasteiger partial charge in [-0.2, -0.15) is 0 Å². The van der Waals surface area contributed by atoms with Gasteiger partial charge in [-0.25, -0.2) is 0 Å².